The number of ether oxygens (including phenoxy) is 1. The summed E-state index contributed by atoms with van der Waals surface area (Å²) in [6.45, 7) is 4.64. The topological polar surface area (TPSA) is 118 Å². The molecule has 1 atom stereocenters. The first-order valence-electron chi connectivity index (χ1n) is 9.06. The van der Waals surface area contributed by atoms with E-state index >= 15 is 0 Å². The number of hydrogen-bond acceptors (Lipinski definition) is 7. The van der Waals surface area contributed by atoms with E-state index in [0.29, 0.717) is 6.20 Å². The minimum Gasteiger partial charge on any atom is -0.471 e. The van der Waals surface area contributed by atoms with Crippen molar-refractivity contribution in [2.75, 3.05) is 5.75 Å². The Kier molecular flexibility index (Phi) is 5.43. The lowest BCUT2D eigenvalue weighted by Crippen LogP contribution is -2.25. The Balaban J connectivity index is 2.23. The molecule has 3 rings (SSSR count). The summed E-state index contributed by atoms with van der Waals surface area (Å²) in [5.74, 6) is 0.207. The summed E-state index contributed by atoms with van der Waals surface area (Å²) in [4.78, 5) is 12.3. The first-order chi connectivity index (χ1) is 14.3. The average Bonchev–Trinajstić information content (AvgIpc) is 3.03. The number of imidazole rings is 1. The van der Waals surface area contributed by atoms with Crippen LogP contribution in [0.5, 0.6) is 5.75 Å². The molecule has 3 aromatic rings. The monoisotopic (exact) mass is 452 g/mol. The second-order valence-electron chi connectivity index (χ2n) is 7.26. The van der Waals surface area contributed by atoms with E-state index in [-0.39, 0.29) is 39.1 Å². The maximum Gasteiger partial charge on any atom is 0.417 e. The summed E-state index contributed by atoms with van der Waals surface area (Å²) < 4.78 is 67.3. The number of halogens is 3. The number of nitrogens with zero attached hydrogens (tertiary/aromatic N) is 5. The molecule has 1 N–H and O–H groups in total. The smallest absolute Gasteiger partial charge is 0.417 e. The Morgan fingerprint density at radius 2 is 1.94 bits per heavy atom. The Labute approximate surface area is 176 Å². The molecule has 0 spiro atoms. The van der Waals surface area contributed by atoms with Gasteiger partial charge in [0, 0.05) is 25.1 Å². The molecule has 0 saturated carbocycles. The minimum absolute atomic E-state index is 0.00990. The van der Waals surface area contributed by atoms with Gasteiger partial charge in [-0.3, -0.25) is 0 Å². The summed E-state index contributed by atoms with van der Waals surface area (Å²) in [6, 6.07) is 4.19. The highest BCUT2D eigenvalue weighted by Gasteiger charge is 2.32. The SMILES string of the molecule is CC[S@](=N)(=O)c1cc(OC(C)(C)C#N)cnc1-c1nc2cc(C(F)(F)F)cnc2n1C. The number of aryl methyl sites for hydroxylation is 1. The fourth-order valence-electron chi connectivity index (χ4n) is 2.82. The molecule has 0 aliphatic heterocycles. The molecule has 0 fully saturated rings. The van der Waals surface area contributed by atoms with Crippen LogP contribution >= 0.6 is 0 Å². The normalized spacial score (nSPS) is 14.3. The number of alkyl halides is 3. The molecule has 3 aromatic heterocycles. The highest BCUT2D eigenvalue weighted by Crippen LogP contribution is 2.34. The van der Waals surface area contributed by atoms with Crippen LogP contribution in [0, 0.1) is 16.1 Å². The van der Waals surface area contributed by atoms with Crippen LogP contribution in [0.4, 0.5) is 13.2 Å². The van der Waals surface area contributed by atoms with E-state index in [0.717, 1.165) is 6.07 Å². The first-order valence-corrected chi connectivity index (χ1v) is 10.8. The van der Waals surface area contributed by atoms with E-state index in [1.165, 1.54) is 37.7 Å². The van der Waals surface area contributed by atoms with Crippen LogP contribution in [0.2, 0.25) is 0 Å². The molecular weight excluding hydrogens is 433 g/mol. The molecule has 0 saturated heterocycles. The third-order valence-electron chi connectivity index (χ3n) is 4.48. The summed E-state index contributed by atoms with van der Waals surface area (Å²) in [7, 11) is -1.79. The number of fused-ring (bicyclic) bond motifs is 1. The third kappa shape index (κ3) is 4.32. The van der Waals surface area contributed by atoms with Crippen LogP contribution in [-0.2, 0) is 23.0 Å². The van der Waals surface area contributed by atoms with Crippen molar-refractivity contribution in [2.45, 2.75) is 37.4 Å². The van der Waals surface area contributed by atoms with Crippen molar-refractivity contribution in [3.05, 3.63) is 30.1 Å². The fourth-order valence-corrected chi connectivity index (χ4v) is 3.89. The largest absolute Gasteiger partial charge is 0.471 e. The van der Waals surface area contributed by atoms with Gasteiger partial charge in [0.25, 0.3) is 0 Å². The number of nitrogens with one attached hydrogen (secondary N) is 1. The Morgan fingerprint density at radius 1 is 1.26 bits per heavy atom. The van der Waals surface area contributed by atoms with Gasteiger partial charge in [0.15, 0.2) is 17.1 Å². The molecule has 0 aromatic carbocycles. The van der Waals surface area contributed by atoms with Crippen LogP contribution in [0.1, 0.15) is 26.3 Å². The number of pyridine rings is 2. The fraction of sp³-hybridized carbons (Fsp3) is 0.368. The molecule has 0 radical (unpaired) electrons. The van der Waals surface area contributed by atoms with Gasteiger partial charge in [-0.2, -0.15) is 18.4 Å². The molecule has 164 valence electrons. The lowest BCUT2D eigenvalue weighted by molar-refractivity contribution is -0.137. The zero-order valence-electron chi connectivity index (χ0n) is 17.1. The van der Waals surface area contributed by atoms with E-state index in [2.05, 4.69) is 15.0 Å². The van der Waals surface area contributed by atoms with Gasteiger partial charge >= 0.3 is 6.18 Å². The lowest BCUT2D eigenvalue weighted by atomic mass is 10.2. The van der Waals surface area contributed by atoms with Crippen LogP contribution in [0.3, 0.4) is 0 Å². The van der Waals surface area contributed by atoms with Gasteiger partial charge < -0.3 is 9.30 Å². The van der Waals surface area contributed by atoms with Gasteiger partial charge in [0.05, 0.1) is 26.4 Å². The van der Waals surface area contributed by atoms with E-state index in [1.807, 2.05) is 6.07 Å². The summed E-state index contributed by atoms with van der Waals surface area (Å²) in [5.41, 5.74) is -1.91. The summed E-state index contributed by atoms with van der Waals surface area (Å²) >= 11 is 0. The van der Waals surface area contributed by atoms with E-state index in [9.17, 15) is 22.6 Å². The Morgan fingerprint density at radius 3 is 2.52 bits per heavy atom. The van der Waals surface area contributed by atoms with Gasteiger partial charge in [-0.1, -0.05) is 6.92 Å². The standard InChI is InChI=1S/C19H19F3N6O2S/c1-5-31(24,29)14-7-12(30-18(2,3)10-23)9-25-15(14)17-27-13-6-11(19(20,21)22)8-26-16(13)28(17)4/h6-9,24H,5H2,1-4H3/t31-/m0/s1. The lowest BCUT2D eigenvalue weighted by Gasteiger charge is -2.19. The molecule has 3 heterocycles. The quantitative estimate of drug-likeness (QED) is 0.621. The summed E-state index contributed by atoms with van der Waals surface area (Å²) in [6.07, 6.45) is -2.58. The van der Waals surface area contributed by atoms with Gasteiger partial charge in [0.2, 0.25) is 0 Å². The third-order valence-corrected chi connectivity index (χ3v) is 6.31. The van der Waals surface area contributed by atoms with Crippen molar-refractivity contribution < 1.29 is 22.1 Å². The van der Waals surface area contributed by atoms with Gasteiger partial charge in [-0.05, 0) is 19.9 Å². The second kappa shape index (κ2) is 7.49. The molecule has 8 nitrogen and oxygen atoms in total. The maximum atomic E-state index is 13.0. The molecule has 12 heteroatoms. The number of rotatable bonds is 5. The minimum atomic E-state index is -4.58. The predicted molar refractivity (Wildman–Crippen MR) is 107 cm³/mol. The molecule has 0 aliphatic carbocycles. The average molecular weight is 452 g/mol. The van der Waals surface area contributed by atoms with Gasteiger partial charge in [0.1, 0.15) is 23.0 Å². The van der Waals surface area contributed by atoms with Crippen molar-refractivity contribution in [1.29, 1.82) is 10.0 Å². The van der Waals surface area contributed by atoms with Crippen molar-refractivity contribution in [3.8, 4) is 23.3 Å². The number of aromatic nitrogens is 4. The van der Waals surface area contributed by atoms with Gasteiger partial charge in [-0.15, -0.1) is 0 Å². The zero-order valence-corrected chi connectivity index (χ0v) is 17.9. The van der Waals surface area contributed by atoms with Crippen LogP contribution in [0.15, 0.2) is 29.4 Å². The van der Waals surface area contributed by atoms with Gasteiger partial charge in [-0.25, -0.2) is 23.9 Å². The van der Waals surface area contributed by atoms with Crippen molar-refractivity contribution >= 4 is 20.9 Å². The molecule has 31 heavy (non-hydrogen) atoms. The molecule has 0 bridgehead atoms. The molecule has 0 amide bonds. The Hall–Kier alpha value is -3.20. The number of hydrogen-bond donors (Lipinski definition) is 1. The second-order valence-corrected chi connectivity index (χ2v) is 9.63. The van der Waals surface area contributed by atoms with Crippen molar-refractivity contribution in [1.82, 2.24) is 19.5 Å². The Bertz CT molecular complexity index is 1310. The first kappa shape index (κ1) is 22.5. The highest BCUT2D eigenvalue weighted by atomic mass is 32.2. The molecule has 0 unspecified atom stereocenters. The van der Waals surface area contributed by atoms with E-state index in [4.69, 9.17) is 9.52 Å². The van der Waals surface area contributed by atoms with Crippen LogP contribution < -0.4 is 4.74 Å². The summed E-state index contributed by atoms with van der Waals surface area (Å²) in [5, 5.41) is 9.17. The maximum absolute atomic E-state index is 13.0. The zero-order chi connectivity index (χ0) is 23.2. The number of nitriles is 1. The van der Waals surface area contributed by atoms with Crippen molar-refractivity contribution in [2.24, 2.45) is 7.05 Å². The van der Waals surface area contributed by atoms with Crippen LogP contribution in [0.25, 0.3) is 22.7 Å². The predicted octanol–water partition coefficient (Wildman–Crippen LogP) is 4.16. The van der Waals surface area contributed by atoms with Crippen LogP contribution in [-0.4, -0.2) is 35.1 Å². The molecular formula is C19H19F3N6O2S. The van der Waals surface area contributed by atoms with E-state index < -0.39 is 27.1 Å². The van der Waals surface area contributed by atoms with Crippen molar-refractivity contribution in [3.63, 3.8) is 0 Å². The molecule has 0 aliphatic rings. The van der Waals surface area contributed by atoms with E-state index in [1.54, 1.807) is 6.92 Å². The highest BCUT2D eigenvalue weighted by molar-refractivity contribution is 7.92.